The zero-order chi connectivity index (χ0) is 20.2. The number of benzene rings is 2. The number of hydrogen-bond donors (Lipinski definition) is 1. The molecule has 7 heteroatoms. The van der Waals surface area contributed by atoms with E-state index in [1.807, 2.05) is 66.9 Å². The number of anilines is 1. The van der Waals surface area contributed by atoms with Crippen molar-refractivity contribution in [3.05, 3.63) is 81.1 Å². The summed E-state index contributed by atoms with van der Waals surface area (Å²) in [6.07, 6.45) is 0.183. The van der Waals surface area contributed by atoms with Crippen molar-refractivity contribution in [3.63, 3.8) is 0 Å². The van der Waals surface area contributed by atoms with Crippen LogP contribution in [-0.4, -0.2) is 16.9 Å². The number of hydrogen-bond acceptors (Lipinski definition) is 6. The van der Waals surface area contributed by atoms with Gasteiger partial charge in [0.25, 0.3) is 0 Å². The van der Waals surface area contributed by atoms with Crippen LogP contribution in [0.4, 0.5) is 5.69 Å². The van der Waals surface area contributed by atoms with E-state index < -0.39 is 0 Å². The lowest BCUT2D eigenvalue weighted by molar-refractivity contribution is -0.115. The number of carbonyl (C=O) groups is 2. The number of nitrogens with one attached hydrogen (secondary N) is 1. The number of nitrogens with zero attached hydrogens (tertiary/aromatic N) is 1. The number of aromatic nitrogens is 1. The van der Waals surface area contributed by atoms with E-state index in [-0.39, 0.29) is 24.9 Å². The predicted octanol–water partition coefficient (Wildman–Crippen LogP) is 5.20. The monoisotopic (exact) mass is 422 g/mol. The molecule has 5 nitrogen and oxygen atoms in total. The molecule has 2 aromatic carbocycles. The van der Waals surface area contributed by atoms with Crippen LogP contribution in [0.5, 0.6) is 0 Å². The van der Waals surface area contributed by atoms with Gasteiger partial charge >= 0.3 is 5.97 Å². The highest BCUT2D eigenvalue weighted by molar-refractivity contribution is 7.20. The van der Waals surface area contributed by atoms with Crippen LogP contribution in [0.25, 0.3) is 10.1 Å². The third kappa shape index (κ3) is 4.88. The molecule has 0 fully saturated rings. The number of rotatable bonds is 6. The maximum atomic E-state index is 12.3. The van der Waals surface area contributed by atoms with Crippen LogP contribution in [0.3, 0.4) is 0 Å². The SMILES string of the molecule is Cc1ccc(NC(=O)Cc2nc(COC(=O)c3cc4ccccc4s3)cs2)cc1. The van der Waals surface area contributed by atoms with Gasteiger partial charge in [0.2, 0.25) is 5.91 Å². The minimum absolute atomic E-state index is 0.0865. The number of fused-ring (bicyclic) bond motifs is 1. The van der Waals surface area contributed by atoms with Crippen molar-refractivity contribution in [2.75, 3.05) is 5.32 Å². The second-order valence-electron chi connectivity index (χ2n) is 6.55. The minimum Gasteiger partial charge on any atom is -0.455 e. The molecule has 0 spiro atoms. The summed E-state index contributed by atoms with van der Waals surface area (Å²) >= 11 is 2.79. The van der Waals surface area contributed by atoms with Gasteiger partial charge in [-0.05, 0) is 36.6 Å². The van der Waals surface area contributed by atoms with Gasteiger partial charge in [-0.3, -0.25) is 4.79 Å². The van der Waals surface area contributed by atoms with Gasteiger partial charge in [0.05, 0.1) is 12.1 Å². The van der Waals surface area contributed by atoms with Crippen molar-refractivity contribution in [1.29, 1.82) is 0 Å². The molecule has 0 saturated carbocycles. The standard InChI is InChI=1S/C22H18N2O3S2/c1-14-6-8-16(9-7-14)23-20(25)11-21-24-17(13-28-21)12-27-22(26)19-10-15-4-2-3-5-18(15)29-19/h2-10,13H,11-12H2,1H3,(H,23,25). The molecular formula is C22H18N2O3S2. The first-order valence-corrected chi connectivity index (χ1v) is 10.7. The van der Waals surface area contributed by atoms with Gasteiger partial charge in [0.15, 0.2) is 0 Å². The first-order valence-electron chi connectivity index (χ1n) is 9.02. The van der Waals surface area contributed by atoms with E-state index in [1.54, 1.807) is 0 Å². The number of esters is 1. The van der Waals surface area contributed by atoms with Gasteiger partial charge in [0.1, 0.15) is 16.5 Å². The maximum absolute atomic E-state index is 12.3. The van der Waals surface area contributed by atoms with Crippen LogP contribution in [0.1, 0.15) is 25.9 Å². The highest BCUT2D eigenvalue weighted by Gasteiger charge is 2.13. The molecule has 146 valence electrons. The van der Waals surface area contributed by atoms with Crippen LogP contribution < -0.4 is 5.32 Å². The molecule has 0 aliphatic heterocycles. The Morgan fingerprint density at radius 2 is 1.90 bits per heavy atom. The van der Waals surface area contributed by atoms with E-state index in [2.05, 4.69) is 10.3 Å². The number of aryl methyl sites for hydroxylation is 1. The summed E-state index contributed by atoms with van der Waals surface area (Å²) in [6, 6.07) is 17.3. The second-order valence-corrected chi connectivity index (χ2v) is 8.57. The van der Waals surface area contributed by atoms with Crippen molar-refractivity contribution in [1.82, 2.24) is 4.98 Å². The summed E-state index contributed by atoms with van der Waals surface area (Å²) in [5.74, 6) is -0.491. The Bertz CT molecular complexity index is 1130. The Morgan fingerprint density at radius 3 is 2.69 bits per heavy atom. The number of amides is 1. The Hall–Kier alpha value is -3.03. The van der Waals surface area contributed by atoms with Crippen molar-refractivity contribution >= 4 is 50.3 Å². The highest BCUT2D eigenvalue weighted by Crippen LogP contribution is 2.26. The first kappa shape index (κ1) is 19.3. The topological polar surface area (TPSA) is 68.3 Å². The minimum atomic E-state index is -0.363. The molecule has 0 unspecified atom stereocenters. The van der Waals surface area contributed by atoms with Crippen LogP contribution in [0.15, 0.2) is 60.0 Å². The normalized spacial score (nSPS) is 10.8. The highest BCUT2D eigenvalue weighted by atomic mass is 32.1. The van der Waals surface area contributed by atoms with E-state index in [0.29, 0.717) is 15.6 Å². The number of ether oxygens (including phenoxy) is 1. The lowest BCUT2D eigenvalue weighted by atomic mass is 10.2. The lowest BCUT2D eigenvalue weighted by Crippen LogP contribution is -2.14. The predicted molar refractivity (Wildman–Crippen MR) is 117 cm³/mol. The largest absolute Gasteiger partial charge is 0.455 e. The summed E-state index contributed by atoms with van der Waals surface area (Å²) in [6.45, 7) is 2.08. The molecule has 0 radical (unpaired) electrons. The van der Waals surface area contributed by atoms with Crippen molar-refractivity contribution in [2.24, 2.45) is 0 Å². The third-order valence-corrected chi connectivity index (χ3v) is 6.22. The summed E-state index contributed by atoms with van der Waals surface area (Å²) in [4.78, 5) is 29.4. The Balaban J connectivity index is 1.31. The molecule has 4 rings (SSSR count). The molecule has 0 bridgehead atoms. The average molecular weight is 423 g/mol. The fraction of sp³-hybridized carbons (Fsp3) is 0.136. The van der Waals surface area contributed by atoms with Gasteiger partial charge in [0, 0.05) is 15.8 Å². The smallest absolute Gasteiger partial charge is 0.348 e. The maximum Gasteiger partial charge on any atom is 0.348 e. The quantitative estimate of drug-likeness (QED) is 0.434. The lowest BCUT2D eigenvalue weighted by Gasteiger charge is -2.04. The van der Waals surface area contributed by atoms with E-state index >= 15 is 0 Å². The Labute approximate surface area is 176 Å². The molecular weight excluding hydrogens is 404 g/mol. The van der Waals surface area contributed by atoms with E-state index in [9.17, 15) is 9.59 Å². The molecule has 29 heavy (non-hydrogen) atoms. The summed E-state index contributed by atoms with van der Waals surface area (Å²) in [7, 11) is 0. The first-order chi connectivity index (χ1) is 14.1. The van der Waals surface area contributed by atoms with Crippen molar-refractivity contribution < 1.29 is 14.3 Å². The zero-order valence-electron chi connectivity index (χ0n) is 15.7. The summed E-state index contributed by atoms with van der Waals surface area (Å²) < 4.78 is 6.43. The van der Waals surface area contributed by atoms with Crippen LogP contribution in [0, 0.1) is 6.92 Å². The number of thiophene rings is 1. The molecule has 0 saturated heterocycles. The molecule has 0 aliphatic rings. The van der Waals surface area contributed by atoms with E-state index in [0.717, 1.165) is 21.3 Å². The molecule has 0 aliphatic carbocycles. The number of thiazole rings is 1. The van der Waals surface area contributed by atoms with Gasteiger partial charge in [-0.25, -0.2) is 9.78 Å². The fourth-order valence-corrected chi connectivity index (χ4v) is 4.50. The van der Waals surface area contributed by atoms with Crippen molar-refractivity contribution in [3.8, 4) is 0 Å². The van der Waals surface area contributed by atoms with Gasteiger partial charge in [-0.1, -0.05) is 35.9 Å². The molecule has 2 heterocycles. The third-order valence-electron chi connectivity index (χ3n) is 4.22. The number of carbonyl (C=O) groups excluding carboxylic acids is 2. The van der Waals surface area contributed by atoms with Gasteiger partial charge in [-0.2, -0.15) is 0 Å². The zero-order valence-corrected chi connectivity index (χ0v) is 17.3. The van der Waals surface area contributed by atoms with Crippen LogP contribution in [0.2, 0.25) is 0 Å². The van der Waals surface area contributed by atoms with Crippen molar-refractivity contribution in [2.45, 2.75) is 20.0 Å². The van der Waals surface area contributed by atoms with Gasteiger partial charge < -0.3 is 10.1 Å². The van der Waals surface area contributed by atoms with E-state index in [4.69, 9.17) is 4.74 Å². The molecule has 0 atom stereocenters. The van der Waals surface area contributed by atoms with Gasteiger partial charge in [-0.15, -0.1) is 22.7 Å². The summed E-state index contributed by atoms with van der Waals surface area (Å²) in [5, 5.41) is 6.38. The Morgan fingerprint density at radius 1 is 1.10 bits per heavy atom. The molecule has 4 aromatic rings. The Kier molecular flexibility index (Phi) is 5.69. The second kappa shape index (κ2) is 8.55. The fourth-order valence-electron chi connectivity index (χ4n) is 2.77. The average Bonchev–Trinajstić information content (AvgIpc) is 3.34. The molecule has 1 amide bonds. The van der Waals surface area contributed by atoms with E-state index in [1.165, 1.54) is 22.7 Å². The van der Waals surface area contributed by atoms with Crippen LogP contribution >= 0.6 is 22.7 Å². The van der Waals surface area contributed by atoms with Crippen LogP contribution in [-0.2, 0) is 22.6 Å². The molecule has 2 aromatic heterocycles. The molecule has 1 N–H and O–H groups in total. The summed E-state index contributed by atoms with van der Waals surface area (Å²) in [5.41, 5.74) is 2.54.